The minimum atomic E-state index is 0.0291. The summed E-state index contributed by atoms with van der Waals surface area (Å²) in [4.78, 5) is 2.60. The van der Waals surface area contributed by atoms with Crippen molar-refractivity contribution < 1.29 is 5.11 Å². The van der Waals surface area contributed by atoms with E-state index in [0.29, 0.717) is 5.41 Å². The molecule has 2 heteroatoms. The van der Waals surface area contributed by atoms with E-state index in [1.807, 2.05) is 19.1 Å². The van der Waals surface area contributed by atoms with E-state index in [4.69, 9.17) is 6.42 Å². The Morgan fingerprint density at radius 3 is 2.37 bits per heavy atom. The molecular weight excluding hydrogens is 330 g/mol. The summed E-state index contributed by atoms with van der Waals surface area (Å²) >= 11 is 0. The number of terminal acetylenes is 2. The maximum atomic E-state index is 9.85. The van der Waals surface area contributed by atoms with Crippen LogP contribution in [0.15, 0.2) is 23.8 Å². The topological polar surface area (TPSA) is 23.5 Å². The van der Waals surface area contributed by atoms with E-state index in [2.05, 4.69) is 64.4 Å². The Kier molecular flexibility index (Phi) is 10.8. The molecule has 0 aromatic carbocycles. The van der Waals surface area contributed by atoms with Crippen molar-refractivity contribution in [1.29, 1.82) is 0 Å². The Labute approximate surface area is 169 Å². The van der Waals surface area contributed by atoms with Crippen molar-refractivity contribution in [3.63, 3.8) is 0 Å². The summed E-state index contributed by atoms with van der Waals surface area (Å²) in [5.74, 6) is 2.69. The molecular formula is C25H41NO. The number of hydrogen-bond donors (Lipinski definition) is 1. The molecule has 152 valence electrons. The Morgan fingerprint density at radius 1 is 1.26 bits per heavy atom. The van der Waals surface area contributed by atoms with Crippen LogP contribution in [0.3, 0.4) is 0 Å². The molecule has 1 saturated heterocycles. The molecule has 0 amide bonds. The zero-order valence-corrected chi connectivity index (χ0v) is 18.5. The normalized spacial score (nSPS) is 25.3. The lowest BCUT2D eigenvalue weighted by Gasteiger charge is -2.51. The molecule has 1 N–H and O–H groups in total. The molecule has 1 fully saturated rings. The van der Waals surface area contributed by atoms with Gasteiger partial charge in [0.25, 0.3) is 0 Å². The van der Waals surface area contributed by atoms with Gasteiger partial charge in [-0.05, 0) is 48.9 Å². The van der Waals surface area contributed by atoms with Gasteiger partial charge in [-0.1, -0.05) is 58.8 Å². The van der Waals surface area contributed by atoms with E-state index < -0.39 is 0 Å². The van der Waals surface area contributed by atoms with Gasteiger partial charge in [0.1, 0.15) is 0 Å². The predicted octanol–water partition coefficient (Wildman–Crippen LogP) is 5.30. The van der Waals surface area contributed by atoms with Crippen LogP contribution in [0.2, 0.25) is 0 Å². The third-order valence-corrected chi connectivity index (χ3v) is 5.64. The van der Waals surface area contributed by atoms with Crippen LogP contribution in [0.5, 0.6) is 0 Å². The number of nitrogens with zero attached hydrogens (tertiary/aromatic N) is 1. The Hall–Kier alpha value is -1.48. The molecule has 0 radical (unpaired) electrons. The molecule has 1 rings (SSSR count). The Bertz CT molecular complexity index is 557. The maximum Gasteiger partial charge on any atom is 0.0484 e. The first kappa shape index (κ1) is 25.5. The van der Waals surface area contributed by atoms with Crippen molar-refractivity contribution in [2.24, 2.45) is 16.2 Å². The SMILES string of the molecule is C#C.C#CC(/C=C\CCN1CC(C)(C)CC(C)(CC(C)(CC)CO)C1)=C/C. The second-order valence-corrected chi connectivity index (χ2v) is 9.44. The summed E-state index contributed by atoms with van der Waals surface area (Å²) in [7, 11) is 0. The average molecular weight is 372 g/mol. The van der Waals surface area contributed by atoms with E-state index in [1.54, 1.807) is 0 Å². The number of aliphatic hydroxyl groups excluding tert-OH is 1. The second-order valence-electron chi connectivity index (χ2n) is 9.44. The molecule has 0 bridgehead atoms. The van der Waals surface area contributed by atoms with Crippen molar-refractivity contribution in [3.8, 4) is 25.2 Å². The molecule has 2 atom stereocenters. The number of piperidine rings is 1. The molecule has 1 aliphatic rings. The van der Waals surface area contributed by atoms with E-state index in [1.165, 1.54) is 6.42 Å². The van der Waals surface area contributed by atoms with Crippen LogP contribution in [-0.4, -0.2) is 36.2 Å². The summed E-state index contributed by atoms with van der Waals surface area (Å²) in [5, 5.41) is 9.85. The van der Waals surface area contributed by atoms with Gasteiger partial charge >= 0.3 is 0 Å². The van der Waals surface area contributed by atoms with Crippen molar-refractivity contribution in [3.05, 3.63) is 23.8 Å². The summed E-state index contributed by atoms with van der Waals surface area (Å²) in [6, 6.07) is 0. The molecule has 27 heavy (non-hydrogen) atoms. The summed E-state index contributed by atoms with van der Waals surface area (Å²) in [6.45, 7) is 17.2. The minimum Gasteiger partial charge on any atom is -0.396 e. The summed E-state index contributed by atoms with van der Waals surface area (Å²) in [6.07, 6.45) is 24.0. The van der Waals surface area contributed by atoms with Crippen LogP contribution in [-0.2, 0) is 0 Å². The van der Waals surface area contributed by atoms with E-state index in [0.717, 1.165) is 44.5 Å². The van der Waals surface area contributed by atoms with Gasteiger partial charge in [0.05, 0.1) is 0 Å². The standard InChI is InChI=1S/C23H39NO.C2H2/c1-8-20(9-2)13-11-12-14-24-17-21(4,5)15-23(7,18-24)16-22(6,10-3)19-25;1-2/h1,9,11,13,25H,10,12,14-19H2,2-7H3;1-2H/b13-11-,20-9-;. The first-order chi connectivity index (χ1) is 12.6. The third-order valence-electron chi connectivity index (χ3n) is 5.64. The van der Waals surface area contributed by atoms with Crippen molar-refractivity contribution >= 4 is 0 Å². The highest BCUT2D eigenvalue weighted by atomic mass is 16.3. The number of likely N-dealkylation sites (tertiary alicyclic amines) is 1. The maximum absolute atomic E-state index is 9.85. The van der Waals surface area contributed by atoms with Gasteiger partial charge in [0.15, 0.2) is 0 Å². The number of hydrogen-bond acceptors (Lipinski definition) is 2. The number of rotatable bonds is 8. The monoisotopic (exact) mass is 371 g/mol. The zero-order chi connectivity index (χ0) is 21.1. The molecule has 0 aliphatic carbocycles. The Balaban J connectivity index is 0.00000326. The lowest BCUT2D eigenvalue weighted by atomic mass is 9.63. The predicted molar refractivity (Wildman–Crippen MR) is 119 cm³/mol. The lowest BCUT2D eigenvalue weighted by molar-refractivity contribution is -0.0233. The van der Waals surface area contributed by atoms with Gasteiger partial charge < -0.3 is 10.0 Å². The van der Waals surface area contributed by atoms with Crippen LogP contribution in [0, 0.1) is 41.4 Å². The highest BCUT2D eigenvalue weighted by Crippen LogP contribution is 2.47. The zero-order valence-electron chi connectivity index (χ0n) is 18.5. The van der Waals surface area contributed by atoms with E-state index >= 15 is 0 Å². The molecule has 2 unspecified atom stereocenters. The fourth-order valence-electron chi connectivity index (χ4n) is 4.76. The van der Waals surface area contributed by atoms with Gasteiger partial charge in [-0.15, -0.1) is 19.3 Å². The van der Waals surface area contributed by atoms with Crippen LogP contribution < -0.4 is 0 Å². The molecule has 0 saturated carbocycles. The van der Waals surface area contributed by atoms with E-state index in [-0.39, 0.29) is 17.4 Å². The number of aliphatic hydroxyl groups is 1. The highest BCUT2D eigenvalue weighted by molar-refractivity contribution is 5.35. The van der Waals surface area contributed by atoms with Crippen molar-refractivity contribution in [2.75, 3.05) is 26.2 Å². The van der Waals surface area contributed by atoms with Crippen molar-refractivity contribution in [1.82, 2.24) is 4.90 Å². The molecule has 0 spiro atoms. The van der Waals surface area contributed by atoms with Crippen LogP contribution in [0.4, 0.5) is 0 Å². The van der Waals surface area contributed by atoms with Crippen molar-refractivity contribution in [2.45, 2.75) is 67.2 Å². The fraction of sp³-hybridized carbons (Fsp3) is 0.680. The van der Waals surface area contributed by atoms with Gasteiger partial charge in [-0.3, -0.25) is 0 Å². The van der Waals surface area contributed by atoms with Crippen LogP contribution in [0.1, 0.15) is 67.2 Å². The molecule has 1 heterocycles. The van der Waals surface area contributed by atoms with Gasteiger partial charge in [0, 0.05) is 31.8 Å². The smallest absolute Gasteiger partial charge is 0.0484 e. The second kappa shape index (κ2) is 11.4. The summed E-state index contributed by atoms with van der Waals surface area (Å²) < 4.78 is 0. The van der Waals surface area contributed by atoms with Crippen LogP contribution >= 0.6 is 0 Å². The largest absolute Gasteiger partial charge is 0.396 e. The number of allylic oxidation sites excluding steroid dienone is 3. The fourth-order valence-corrected chi connectivity index (χ4v) is 4.76. The molecule has 0 aromatic rings. The molecule has 1 aliphatic heterocycles. The van der Waals surface area contributed by atoms with Gasteiger partial charge in [-0.2, -0.15) is 0 Å². The highest BCUT2D eigenvalue weighted by Gasteiger charge is 2.43. The van der Waals surface area contributed by atoms with E-state index in [9.17, 15) is 5.11 Å². The van der Waals surface area contributed by atoms with Gasteiger partial charge in [0.2, 0.25) is 0 Å². The molecule has 0 aromatic heterocycles. The quantitative estimate of drug-likeness (QED) is 0.462. The Morgan fingerprint density at radius 2 is 1.89 bits per heavy atom. The minimum absolute atomic E-state index is 0.0291. The third kappa shape index (κ3) is 8.83. The average Bonchev–Trinajstić information content (AvgIpc) is 2.61. The van der Waals surface area contributed by atoms with Gasteiger partial charge in [-0.25, -0.2) is 0 Å². The molecule has 2 nitrogen and oxygen atoms in total. The lowest BCUT2D eigenvalue weighted by Crippen LogP contribution is -2.51. The van der Waals surface area contributed by atoms with Crippen LogP contribution in [0.25, 0.3) is 0 Å². The first-order valence-corrected chi connectivity index (χ1v) is 10.1. The first-order valence-electron chi connectivity index (χ1n) is 10.1. The summed E-state index contributed by atoms with van der Waals surface area (Å²) in [5.41, 5.74) is 1.55.